The van der Waals surface area contributed by atoms with Gasteiger partial charge in [-0.15, -0.1) is 0 Å². The maximum atomic E-state index is 10.9. The Labute approximate surface area is 75.5 Å². The highest BCUT2D eigenvalue weighted by Gasteiger charge is 2.23. The first kappa shape index (κ1) is 11.7. The van der Waals surface area contributed by atoms with E-state index in [1.165, 1.54) is 0 Å². The molecule has 0 saturated heterocycles. The second kappa shape index (κ2) is 5.36. The number of carbonyl (C=O) groups excluding carboxylic acids is 1. The Morgan fingerprint density at radius 1 is 1.46 bits per heavy atom. The summed E-state index contributed by atoms with van der Waals surface area (Å²) in [5, 5.41) is 8.00. The molecule has 0 aliphatic heterocycles. The fourth-order valence-corrected chi connectivity index (χ4v) is 0.619. The molecule has 0 fully saturated rings. The molecule has 76 valence electrons. The van der Waals surface area contributed by atoms with Crippen LogP contribution in [0.5, 0.6) is 0 Å². The molecule has 0 bridgehead atoms. The molecule has 0 aromatic carbocycles. The van der Waals surface area contributed by atoms with Gasteiger partial charge in [0, 0.05) is 0 Å². The Morgan fingerprint density at radius 2 is 2.00 bits per heavy atom. The maximum Gasteiger partial charge on any atom is 0.547 e. The molecule has 6 heteroatoms. The zero-order valence-corrected chi connectivity index (χ0v) is 7.52. The number of hydrogen-bond donors (Lipinski definition) is 2. The SMILES string of the molecule is CCC(C)[C@H](N)C(=O)OOC(=O)O. The molecule has 0 rings (SSSR count). The molecule has 0 aliphatic rings. The highest BCUT2D eigenvalue weighted by molar-refractivity contribution is 5.75. The Morgan fingerprint density at radius 3 is 2.38 bits per heavy atom. The van der Waals surface area contributed by atoms with Gasteiger partial charge in [-0.3, -0.25) is 0 Å². The van der Waals surface area contributed by atoms with E-state index >= 15 is 0 Å². The molecule has 0 saturated carbocycles. The van der Waals surface area contributed by atoms with Crippen LogP contribution >= 0.6 is 0 Å². The monoisotopic (exact) mass is 191 g/mol. The Kier molecular flexibility index (Phi) is 4.83. The molecule has 2 atom stereocenters. The van der Waals surface area contributed by atoms with Gasteiger partial charge in [-0.1, -0.05) is 20.3 Å². The third kappa shape index (κ3) is 4.32. The van der Waals surface area contributed by atoms with Crippen LogP contribution < -0.4 is 5.73 Å². The van der Waals surface area contributed by atoms with Crippen LogP contribution in [0.3, 0.4) is 0 Å². The van der Waals surface area contributed by atoms with E-state index in [-0.39, 0.29) is 5.92 Å². The molecule has 0 radical (unpaired) electrons. The molecular formula is C7H13NO5. The number of carboxylic acid groups (broad SMARTS) is 1. The summed E-state index contributed by atoms with van der Waals surface area (Å²) >= 11 is 0. The van der Waals surface area contributed by atoms with Crippen LogP contribution in [0.2, 0.25) is 0 Å². The van der Waals surface area contributed by atoms with Crippen molar-refractivity contribution in [2.75, 3.05) is 0 Å². The molecule has 13 heavy (non-hydrogen) atoms. The Bertz CT molecular complexity index is 193. The van der Waals surface area contributed by atoms with E-state index in [1.807, 2.05) is 6.92 Å². The highest BCUT2D eigenvalue weighted by atomic mass is 17.2. The van der Waals surface area contributed by atoms with Crippen molar-refractivity contribution in [1.82, 2.24) is 0 Å². The van der Waals surface area contributed by atoms with Crippen molar-refractivity contribution in [3.63, 3.8) is 0 Å². The van der Waals surface area contributed by atoms with Gasteiger partial charge in [0.25, 0.3) is 0 Å². The van der Waals surface area contributed by atoms with Gasteiger partial charge in [0.1, 0.15) is 6.04 Å². The van der Waals surface area contributed by atoms with Crippen LogP contribution in [0.4, 0.5) is 4.79 Å². The van der Waals surface area contributed by atoms with Crippen molar-refractivity contribution in [1.29, 1.82) is 0 Å². The van der Waals surface area contributed by atoms with Crippen LogP contribution in [-0.4, -0.2) is 23.3 Å². The lowest BCUT2D eigenvalue weighted by Crippen LogP contribution is -2.38. The number of hydrogen-bond acceptors (Lipinski definition) is 5. The van der Waals surface area contributed by atoms with E-state index in [0.29, 0.717) is 6.42 Å². The van der Waals surface area contributed by atoms with Crippen molar-refractivity contribution >= 4 is 12.1 Å². The van der Waals surface area contributed by atoms with Crippen LogP contribution in [-0.2, 0) is 14.6 Å². The zero-order chi connectivity index (χ0) is 10.4. The van der Waals surface area contributed by atoms with E-state index in [0.717, 1.165) is 0 Å². The Hall–Kier alpha value is -1.30. The van der Waals surface area contributed by atoms with Crippen LogP contribution in [0.25, 0.3) is 0 Å². The summed E-state index contributed by atoms with van der Waals surface area (Å²) in [6.45, 7) is 3.61. The second-order valence-corrected chi connectivity index (χ2v) is 2.66. The molecular weight excluding hydrogens is 178 g/mol. The standard InChI is InChI=1S/C7H13NO5/c1-3-4(2)5(8)6(9)12-13-7(10)11/h4-5H,3,8H2,1-2H3,(H,10,11)/t4?,5-/m0/s1. The minimum absolute atomic E-state index is 0.0788. The molecule has 0 spiro atoms. The van der Waals surface area contributed by atoms with Gasteiger partial charge in [-0.05, 0) is 5.92 Å². The third-order valence-corrected chi connectivity index (χ3v) is 1.72. The van der Waals surface area contributed by atoms with Crippen molar-refractivity contribution in [3.05, 3.63) is 0 Å². The normalized spacial score (nSPS) is 14.4. The quantitative estimate of drug-likeness (QED) is 0.498. The Balaban J connectivity index is 3.89. The molecule has 0 heterocycles. The lowest BCUT2D eigenvalue weighted by Gasteiger charge is -2.14. The van der Waals surface area contributed by atoms with Crippen LogP contribution in [0, 0.1) is 5.92 Å². The summed E-state index contributed by atoms with van der Waals surface area (Å²) in [7, 11) is 0. The largest absolute Gasteiger partial charge is 0.547 e. The predicted molar refractivity (Wildman–Crippen MR) is 42.6 cm³/mol. The van der Waals surface area contributed by atoms with Crippen molar-refractivity contribution < 1.29 is 24.5 Å². The third-order valence-electron chi connectivity index (χ3n) is 1.72. The topological polar surface area (TPSA) is 98.9 Å². The van der Waals surface area contributed by atoms with Crippen LogP contribution in [0.1, 0.15) is 20.3 Å². The zero-order valence-electron chi connectivity index (χ0n) is 7.52. The smallest absolute Gasteiger partial charge is 0.447 e. The fraction of sp³-hybridized carbons (Fsp3) is 0.714. The lowest BCUT2D eigenvalue weighted by atomic mass is 10.0. The molecule has 1 unspecified atom stereocenters. The van der Waals surface area contributed by atoms with Crippen LogP contribution in [0.15, 0.2) is 0 Å². The molecule has 0 aromatic heterocycles. The number of carbonyl (C=O) groups is 2. The van der Waals surface area contributed by atoms with E-state index in [9.17, 15) is 9.59 Å². The van der Waals surface area contributed by atoms with Gasteiger partial charge in [-0.2, -0.15) is 0 Å². The summed E-state index contributed by atoms with van der Waals surface area (Å²) in [6.07, 6.45) is -0.978. The van der Waals surface area contributed by atoms with Crippen molar-refractivity contribution in [3.8, 4) is 0 Å². The van der Waals surface area contributed by atoms with Gasteiger partial charge < -0.3 is 10.8 Å². The average Bonchev–Trinajstić information content (AvgIpc) is 2.11. The first-order valence-corrected chi connectivity index (χ1v) is 3.85. The van der Waals surface area contributed by atoms with E-state index in [1.54, 1.807) is 6.92 Å². The second-order valence-electron chi connectivity index (χ2n) is 2.66. The molecule has 0 aromatic rings. The first-order valence-electron chi connectivity index (χ1n) is 3.85. The minimum atomic E-state index is -1.68. The summed E-state index contributed by atoms with van der Waals surface area (Å²) in [5.41, 5.74) is 5.41. The van der Waals surface area contributed by atoms with E-state index in [4.69, 9.17) is 10.8 Å². The van der Waals surface area contributed by atoms with Gasteiger partial charge in [-0.25, -0.2) is 19.4 Å². The minimum Gasteiger partial charge on any atom is -0.447 e. The summed E-state index contributed by atoms with van der Waals surface area (Å²) in [4.78, 5) is 28.3. The molecule has 6 nitrogen and oxygen atoms in total. The van der Waals surface area contributed by atoms with Crippen molar-refractivity contribution in [2.45, 2.75) is 26.3 Å². The maximum absolute atomic E-state index is 10.9. The summed E-state index contributed by atoms with van der Waals surface area (Å²) in [5.74, 6) is -0.957. The lowest BCUT2D eigenvalue weighted by molar-refractivity contribution is -0.243. The fourth-order valence-electron chi connectivity index (χ4n) is 0.619. The average molecular weight is 191 g/mol. The predicted octanol–water partition coefficient (Wildman–Crippen LogP) is 0.513. The van der Waals surface area contributed by atoms with Gasteiger partial charge in [0.05, 0.1) is 0 Å². The number of rotatable bonds is 3. The molecule has 0 aliphatic carbocycles. The van der Waals surface area contributed by atoms with E-state index < -0.39 is 18.2 Å². The highest BCUT2D eigenvalue weighted by Crippen LogP contribution is 2.06. The van der Waals surface area contributed by atoms with Crippen molar-refractivity contribution in [2.24, 2.45) is 11.7 Å². The number of nitrogens with two attached hydrogens (primary N) is 1. The van der Waals surface area contributed by atoms with Gasteiger partial charge in [0.2, 0.25) is 0 Å². The molecule has 0 amide bonds. The van der Waals surface area contributed by atoms with Gasteiger partial charge in [0.15, 0.2) is 0 Å². The first-order chi connectivity index (χ1) is 5.99. The summed E-state index contributed by atoms with van der Waals surface area (Å²) < 4.78 is 0. The summed E-state index contributed by atoms with van der Waals surface area (Å²) in [6, 6.07) is -0.857. The van der Waals surface area contributed by atoms with Gasteiger partial charge >= 0.3 is 12.1 Å². The molecule has 3 N–H and O–H groups in total. The van der Waals surface area contributed by atoms with E-state index in [2.05, 4.69) is 9.78 Å².